The second-order valence-electron chi connectivity index (χ2n) is 7.49. The normalized spacial score (nSPS) is 21.0. The highest BCUT2D eigenvalue weighted by Gasteiger charge is 2.43. The molecular formula is C21H28N4OS. The van der Waals surface area contributed by atoms with E-state index in [9.17, 15) is 0 Å². The molecule has 27 heavy (non-hydrogen) atoms. The largest absolute Gasteiger partial charge is 0.487 e. The van der Waals surface area contributed by atoms with E-state index in [1.165, 1.54) is 23.3 Å². The van der Waals surface area contributed by atoms with E-state index in [1.807, 2.05) is 6.20 Å². The predicted octanol–water partition coefficient (Wildman–Crippen LogP) is 4.34. The Morgan fingerprint density at radius 2 is 2.15 bits per heavy atom. The van der Waals surface area contributed by atoms with E-state index < -0.39 is 0 Å². The Labute approximate surface area is 165 Å². The Hall–Kier alpha value is -2.08. The van der Waals surface area contributed by atoms with Gasteiger partial charge in [-0.2, -0.15) is 0 Å². The summed E-state index contributed by atoms with van der Waals surface area (Å²) in [6, 6.07) is 8.64. The van der Waals surface area contributed by atoms with Crippen LogP contribution in [0.2, 0.25) is 0 Å². The van der Waals surface area contributed by atoms with E-state index in [4.69, 9.17) is 9.73 Å². The molecule has 1 unspecified atom stereocenters. The maximum Gasteiger partial charge on any atom is 0.192 e. The third kappa shape index (κ3) is 4.10. The minimum absolute atomic E-state index is 0.0181. The Balaban J connectivity index is 1.56. The van der Waals surface area contributed by atoms with Crippen LogP contribution >= 0.6 is 11.3 Å². The monoisotopic (exact) mass is 384 g/mol. The van der Waals surface area contributed by atoms with E-state index in [1.54, 1.807) is 11.3 Å². The summed E-state index contributed by atoms with van der Waals surface area (Å²) in [5, 5.41) is 8.11. The molecule has 1 aliphatic carbocycles. The number of para-hydroxylation sites is 1. The zero-order chi connectivity index (χ0) is 18.7. The van der Waals surface area contributed by atoms with E-state index in [-0.39, 0.29) is 11.6 Å². The Morgan fingerprint density at radius 1 is 1.33 bits per heavy atom. The SMILES string of the molecule is CCNC(=NCc1ncc(C)s1)NC1CC2(CCCC2)Oc2ccccc21. The zero-order valence-electron chi connectivity index (χ0n) is 16.1. The number of hydrogen-bond acceptors (Lipinski definition) is 4. The Morgan fingerprint density at radius 3 is 2.89 bits per heavy atom. The van der Waals surface area contributed by atoms with Gasteiger partial charge < -0.3 is 15.4 Å². The van der Waals surface area contributed by atoms with Gasteiger partial charge in [0.15, 0.2) is 5.96 Å². The summed E-state index contributed by atoms with van der Waals surface area (Å²) in [7, 11) is 0. The van der Waals surface area contributed by atoms with Crippen molar-refractivity contribution in [3.05, 3.63) is 45.9 Å². The highest BCUT2D eigenvalue weighted by molar-refractivity contribution is 7.11. The molecule has 0 radical (unpaired) electrons. The van der Waals surface area contributed by atoms with Crippen molar-refractivity contribution in [1.82, 2.24) is 15.6 Å². The van der Waals surface area contributed by atoms with Gasteiger partial charge in [-0.15, -0.1) is 11.3 Å². The number of guanidine groups is 1. The van der Waals surface area contributed by atoms with E-state index in [0.717, 1.165) is 42.5 Å². The molecule has 1 saturated carbocycles. The van der Waals surface area contributed by atoms with Crippen LogP contribution in [0.25, 0.3) is 0 Å². The lowest BCUT2D eigenvalue weighted by Crippen LogP contribution is -2.46. The third-order valence-electron chi connectivity index (χ3n) is 5.41. The van der Waals surface area contributed by atoms with E-state index >= 15 is 0 Å². The number of rotatable bonds is 4. The number of nitrogens with zero attached hydrogens (tertiary/aromatic N) is 2. The first kappa shape index (κ1) is 18.3. The number of thiazole rings is 1. The highest BCUT2D eigenvalue weighted by Crippen LogP contribution is 2.46. The number of benzene rings is 1. The average molecular weight is 385 g/mol. The first-order chi connectivity index (χ1) is 13.2. The summed E-state index contributed by atoms with van der Waals surface area (Å²) in [5.74, 6) is 1.87. The van der Waals surface area contributed by atoms with Crippen LogP contribution in [0.5, 0.6) is 5.75 Å². The fraction of sp³-hybridized carbons (Fsp3) is 0.524. The fourth-order valence-corrected chi connectivity index (χ4v) is 4.89. The molecule has 6 heteroatoms. The fourth-order valence-electron chi connectivity index (χ4n) is 4.18. The number of nitrogens with one attached hydrogen (secondary N) is 2. The first-order valence-electron chi connectivity index (χ1n) is 9.91. The van der Waals surface area contributed by atoms with E-state index in [2.05, 4.69) is 53.7 Å². The molecule has 0 saturated heterocycles. The maximum atomic E-state index is 6.48. The predicted molar refractivity (Wildman–Crippen MR) is 110 cm³/mol. The topological polar surface area (TPSA) is 58.5 Å². The van der Waals surface area contributed by atoms with Gasteiger partial charge in [-0.05, 0) is 45.6 Å². The lowest BCUT2D eigenvalue weighted by atomic mass is 9.86. The molecule has 0 amide bonds. The van der Waals surface area contributed by atoms with Gasteiger partial charge in [-0.1, -0.05) is 18.2 Å². The van der Waals surface area contributed by atoms with Crippen molar-refractivity contribution in [2.75, 3.05) is 6.54 Å². The quantitative estimate of drug-likeness (QED) is 0.608. The van der Waals surface area contributed by atoms with Gasteiger partial charge in [0.1, 0.15) is 16.4 Å². The van der Waals surface area contributed by atoms with Crippen LogP contribution in [0.3, 0.4) is 0 Å². The summed E-state index contributed by atoms with van der Waals surface area (Å²) in [4.78, 5) is 10.4. The molecule has 1 atom stereocenters. The second-order valence-corrected chi connectivity index (χ2v) is 8.81. The number of aromatic nitrogens is 1. The van der Waals surface area contributed by atoms with Gasteiger partial charge in [0, 0.05) is 29.6 Å². The van der Waals surface area contributed by atoms with Gasteiger partial charge in [-0.3, -0.25) is 0 Å². The molecule has 1 aromatic heterocycles. The molecule has 144 valence electrons. The van der Waals surface area contributed by atoms with Gasteiger partial charge in [-0.25, -0.2) is 9.98 Å². The minimum atomic E-state index is -0.0181. The molecular weight excluding hydrogens is 356 g/mol. The summed E-state index contributed by atoms with van der Waals surface area (Å²) < 4.78 is 6.48. The van der Waals surface area contributed by atoms with Gasteiger partial charge in [0.2, 0.25) is 0 Å². The molecule has 1 aromatic carbocycles. The van der Waals surface area contributed by atoms with Gasteiger partial charge in [0.25, 0.3) is 0 Å². The lowest BCUT2D eigenvalue weighted by molar-refractivity contribution is 0.0396. The average Bonchev–Trinajstić information content (AvgIpc) is 3.29. The highest BCUT2D eigenvalue weighted by atomic mass is 32.1. The van der Waals surface area contributed by atoms with Crippen LogP contribution in [0.1, 0.15) is 60.5 Å². The van der Waals surface area contributed by atoms with Crippen LogP contribution < -0.4 is 15.4 Å². The maximum absolute atomic E-state index is 6.48. The van der Waals surface area contributed by atoms with Crippen LogP contribution in [-0.2, 0) is 6.54 Å². The molecule has 5 nitrogen and oxygen atoms in total. The van der Waals surface area contributed by atoms with E-state index in [0.29, 0.717) is 6.54 Å². The smallest absolute Gasteiger partial charge is 0.192 e. The zero-order valence-corrected chi connectivity index (χ0v) is 16.9. The van der Waals surface area contributed by atoms with Crippen LogP contribution in [0.4, 0.5) is 0 Å². The van der Waals surface area contributed by atoms with Crippen molar-refractivity contribution in [2.24, 2.45) is 4.99 Å². The Kier molecular flexibility index (Phi) is 5.34. The molecule has 0 bridgehead atoms. The van der Waals surface area contributed by atoms with Gasteiger partial charge >= 0.3 is 0 Å². The van der Waals surface area contributed by atoms with Crippen molar-refractivity contribution in [2.45, 2.75) is 64.1 Å². The Bertz CT molecular complexity index is 810. The van der Waals surface area contributed by atoms with Crippen molar-refractivity contribution in [3.8, 4) is 5.75 Å². The van der Waals surface area contributed by atoms with Gasteiger partial charge in [0.05, 0.1) is 12.6 Å². The van der Waals surface area contributed by atoms with Crippen molar-refractivity contribution < 1.29 is 4.74 Å². The number of aryl methyl sites for hydroxylation is 1. The minimum Gasteiger partial charge on any atom is -0.487 e. The number of ether oxygens (including phenoxy) is 1. The van der Waals surface area contributed by atoms with Crippen LogP contribution in [-0.4, -0.2) is 23.1 Å². The van der Waals surface area contributed by atoms with Crippen molar-refractivity contribution in [1.29, 1.82) is 0 Å². The number of fused-ring (bicyclic) bond motifs is 1. The molecule has 2 aromatic rings. The first-order valence-corrected chi connectivity index (χ1v) is 10.7. The third-order valence-corrected chi connectivity index (χ3v) is 6.31. The second kappa shape index (κ2) is 7.89. The summed E-state index contributed by atoms with van der Waals surface area (Å²) in [6.45, 7) is 5.61. The molecule has 4 rings (SSSR count). The molecule has 2 aliphatic rings. The number of hydrogen-bond donors (Lipinski definition) is 2. The summed E-state index contributed by atoms with van der Waals surface area (Å²) >= 11 is 1.70. The van der Waals surface area contributed by atoms with Crippen molar-refractivity contribution in [3.63, 3.8) is 0 Å². The molecule has 2 N–H and O–H groups in total. The van der Waals surface area contributed by atoms with Crippen molar-refractivity contribution >= 4 is 17.3 Å². The lowest BCUT2D eigenvalue weighted by Gasteiger charge is -2.40. The number of aliphatic imine (C=N–C) groups is 1. The summed E-state index contributed by atoms with van der Waals surface area (Å²) in [5.41, 5.74) is 1.21. The molecule has 2 heterocycles. The van der Waals surface area contributed by atoms with Crippen LogP contribution in [0, 0.1) is 6.92 Å². The molecule has 1 fully saturated rings. The molecule has 1 spiro atoms. The standard InChI is InChI=1S/C21H28N4OS/c1-3-22-20(24-14-19-23-13-15(2)27-19)25-17-12-21(10-6-7-11-21)26-18-9-5-4-8-16(17)18/h4-5,8-9,13,17H,3,6-7,10-12,14H2,1-2H3,(H2,22,24,25). The summed E-state index contributed by atoms with van der Waals surface area (Å²) in [6.07, 6.45) is 7.70. The molecule has 1 aliphatic heterocycles. The van der Waals surface area contributed by atoms with Crippen LogP contribution in [0.15, 0.2) is 35.5 Å².